The van der Waals surface area contributed by atoms with Gasteiger partial charge in [0.2, 0.25) is 18.6 Å². The van der Waals surface area contributed by atoms with E-state index >= 15 is 0 Å². The molecule has 4 unspecified atom stereocenters. The zero-order valence-electron chi connectivity index (χ0n) is 40.2. The number of benzene rings is 3. The third kappa shape index (κ3) is 18.3. The number of sulfone groups is 1. The average Bonchev–Trinajstić information content (AvgIpc) is 3.81. The number of nitrogens with zero attached hydrogens (tertiary/aromatic N) is 1. The number of hydrogen-bond donors (Lipinski definition) is 5. The van der Waals surface area contributed by atoms with Crippen molar-refractivity contribution in [2.24, 2.45) is 0 Å². The molecule has 5 N–H and O–H groups in total. The number of hydrogen-bond acceptors (Lipinski definition) is 17. The number of aliphatic carboxylic acids is 2. The molecule has 400 valence electrons. The summed E-state index contributed by atoms with van der Waals surface area (Å²) in [6.07, 6.45) is 4.66. The molecule has 1 aromatic heterocycles. The van der Waals surface area contributed by atoms with Gasteiger partial charge in [-0.25, -0.2) is 22.8 Å². The third-order valence-corrected chi connectivity index (χ3v) is 18.4. The van der Waals surface area contributed by atoms with E-state index < -0.39 is 76.4 Å². The first-order valence-electron chi connectivity index (χ1n) is 22.8. The second-order valence-electron chi connectivity index (χ2n) is 16.9. The van der Waals surface area contributed by atoms with Gasteiger partial charge in [-0.15, -0.1) is 0 Å². The number of ether oxygens (including phenoxy) is 2. The van der Waals surface area contributed by atoms with Crippen molar-refractivity contribution in [2.75, 3.05) is 36.9 Å². The fraction of sp³-hybridized carbons (Fsp3) is 0.417. The molecule has 4 aromatic rings. The first-order chi connectivity index (χ1) is 35.1. The van der Waals surface area contributed by atoms with Gasteiger partial charge in [0, 0.05) is 79.5 Å². The Morgan fingerprint density at radius 2 is 1.53 bits per heavy atom. The summed E-state index contributed by atoms with van der Waals surface area (Å²) >= 11 is 13.6. The second kappa shape index (κ2) is 28.7. The van der Waals surface area contributed by atoms with E-state index in [0.29, 0.717) is 59.3 Å². The van der Waals surface area contributed by atoms with Crippen molar-refractivity contribution in [3.05, 3.63) is 98.7 Å². The van der Waals surface area contributed by atoms with Crippen molar-refractivity contribution in [1.82, 2.24) is 20.9 Å². The van der Waals surface area contributed by atoms with E-state index in [1.807, 2.05) is 0 Å². The lowest BCUT2D eigenvalue weighted by atomic mass is 9.95. The molecule has 74 heavy (non-hydrogen) atoms. The monoisotopic (exact) mass is 1160 g/mol. The summed E-state index contributed by atoms with van der Waals surface area (Å²) in [4.78, 5) is 102. The molecule has 0 saturated heterocycles. The van der Waals surface area contributed by atoms with Crippen LogP contribution in [0.25, 0.3) is 11.0 Å². The SMILES string of the molecule is CC(=O)NC(CSSCCC(CCCCC(=O)OCOC(=O)C(Cc1cccc(S(C)(=O)=O)c1)NC(=O)c1c(Cl)cc2c(c1Cl)CCN(C(=O)c1ccc3ccoc3c1)C2)SSCC(NC(C)=O)C(=O)O)C(=O)O. The molecule has 0 fully saturated rings. The van der Waals surface area contributed by atoms with E-state index in [1.54, 1.807) is 35.2 Å². The molecule has 0 aliphatic carbocycles. The molecule has 4 atom stereocenters. The number of amides is 4. The van der Waals surface area contributed by atoms with Crippen LogP contribution in [0.4, 0.5) is 0 Å². The molecule has 0 radical (unpaired) electrons. The number of rotatable bonds is 28. The molecule has 3 aromatic carbocycles. The Kier molecular flexibility index (Phi) is 23.2. The number of carbonyl (C=O) groups is 8. The minimum atomic E-state index is -3.65. The minimum Gasteiger partial charge on any atom is -0.480 e. The van der Waals surface area contributed by atoms with Crippen molar-refractivity contribution >= 4 is 135 Å². The summed E-state index contributed by atoms with van der Waals surface area (Å²) in [5.74, 6) is -5.28. The molecule has 1 aliphatic heterocycles. The Hall–Kier alpha value is -5.11. The predicted octanol–water partition coefficient (Wildman–Crippen LogP) is 6.99. The molecule has 0 spiro atoms. The largest absolute Gasteiger partial charge is 0.480 e. The highest BCUT2D eigenvalue weighted by atomic mass is 35.5. The van der Waals surface area contributed by atoms with E-state index in [0.717, 1.165) is 11.6 Å². The smallest absolute Gasteiger partial charge is 0.331 e. The topological polar surface area (TPSA) is 282 Å². The van der Waals surface area contributed by atoms with E-state index in [9.17, 15) is 57.0 Å². The Labute approximate surface area is 452 Å². The van der Waals surface area contributed by atoms with Crippen LogP contribution >= 0.6 is 66.4 Å². The van der Waals surface area contributed by atoms with Crippen LogP contribution in [0.5, 0.6) is 0 Å². The summed E-state index contributed by atoms with van der Waals surface area (Å²) in [7, 11) is 1.74. The predicted molar refractivity (Wildman–Crippen MR) is 285 cm³/mol. The summed E-state index contributed by atoms with van der Waals surface area (Å²) in [5.41, 5.74) is 2.41. The Bertz CT molecular complexity index is 2830. The van der Waals surface area contributed by atoms with Gasteiger partial charge in [0.15, 0.2) is 9.84 Å². The highest BCUT2D eigenvalue weighted by Crippen LogP contribution is 2.37. The number of nitrogens with one attached hydrogen (secondary N) is 3. The maximum Gasteiger partial charge on any atom is 0.331 e. The van der Waals surface area contributed by atoms with Crippen molar-refractivity contribution in [2.45, 2.75) is 93.6 Å². The summed E-state index contributed by atoms with van der Waals surface area (Å²) in [6, 6.07) is 10.7. The number of fused-ring (bicyclic) bond motifs is 2. The molecule has 4 amide bonds. The van der Waals surface area contributed by atoms with Crippen LogP contribution in [-0.4, -0.2) is 131 Å². The zero-order chi connectivity index (χ0) is 54.1. The number of esters is 2. The van der Waals surface area contributed by atoms with E-state index in [1.165, 1.54) is 87.6 Å². The summed E-state index contributed by atoms with van der Waals surface area (Å²) < 4.78 is 40.8. The van der Waals surface area contributed by atoms with Gasteiger partial charge < -0.3 is 45.0 Å². The summed E-state index contributed by atoms with van der Waals surface area (Å²) in [5, 5.41) is 27.1. The van der Waals surface area contributed by atoms with Gasteiger partial charge in [0.1, 0.15) is 23.7 Å². The first kappa shape index (κ1) is 59.8. The number of carboxylic acids is 2. The van der Waals surface area contributed by atoms with Gasteiger partial charge in [-0.05, 0) is 78.8 Å². The maximum atomic E-state index is 14.0. The lowest BCUT2D eigenvalue weighted by Gasteiger charge is -2.30. The fourth-order valence-electron chi connectivity index (χ4n) is 7.47. The van der Waals surface area contributed by atoms with Gasteiger partial charge >= 0.3 is 23.9 Å². The molecular formula is C48H54Cl2N4O15S5. The van der Waals surface area contributed by atoms with Crippen LogP contribution in [0.3, 0.4) is 0 Å². The third-order valence-electron chi connectivity index (χ3n) is 11.2. The molecule has 2 heterocycles. The van der Waals surface area contributed by atoms with E-state index in [-0.39, 0.29) is 75.5 Å². The zero-order valence-corrected chi connectivity index (χ0v) is 45.8. The lowest BCUT2D eigenvalue weighted by molar-refractivity contribution is -0.168. The number of furan rings is 1. The Balaban J connectivity index is 1.17. The summed E-state index contributed by atoms with van der Waals surface area (Å²) in [6.45, 7) is 2.06. The molecule has 0 saturated carbocycles. The van der Waals surface area contributed by atoms with Gasteiger partial charge in [-0.2, -0.15) is 0 Å². The van der Waals surface area contributed by atoms with Gasteiger partial charge in [0.05, 0.1) is 26.8 Å². The van der Waals surface area contributed by atoms with E-state index in [2.05, 4.69) is 16.0 Å². The fourth-order valence-corrected chi connectivity index (χ4v) is 14.3. The number of carbonyl (C=O) groups excluding carboxylic acids is 6. The number of carboxylic acid groups (broad SMARTS) is 2. The van der Waals surface area contributed by atoms with Gasteiger partial charge in [-0.1, -0.05) is 91.0 Å². The lowest BCUT2D eigenvalue weighted by Crippen LogP contribution is -2.44. The van der Waals surface area contributed by atoms with Crippen molar-refractivity contribution in [1.29, 1.82) is 0 Å². The second-order valence-corrected chi connectivity index (χ2v) is 25.0. The molecule has 26 heteroatoms. The van der Waals surface area contributed by atoms with Crippen LogP contribution < -0.4 is 16.0 Å². The van der Waals surface area contributed by atoms with Gasteiger partial charge in [-0.3, -0.25) is 24.0 Å². The Morgan fingerprint density at radius 3 is 2.20 bits per heavy atom. The Morgan fingerprint density at radius 1 is 0.824 bits per heavy atom. The van der Waals surface area contributed by atoms with Crippen LogP contribution in [0.1, 0.15) is 83.4 Å². The highest BCUT2D eigenvalue weighted by Gasteiger charge is 2.31. The highest BCUT2D eigenvalue weighted by molar-refractivity contribution is 8.77. The molecule has 0 bridgehead atoms. The number of halogens is 2. The number of unbranched alkanes of at least 4 members (excludes halogenated alkanes) is 1. The van der Waals surface area contributed by atoms with Crippen LogP contribution in [-0.2, 0) is 67.5 Å². The molecule has 19 nitrogen and oxygen atoms in total. The normalized spacial score (nSPS) is 13.9. The van der Waals surface area contributed by atoms with E-state index in [4.69, 9.17) is 37.1 Å². The maximum absolute atomic E-state index is 14.0. The molecule has 5 rings (SSSR count). The van der Waals surface area contributed by atoms with Crippen molar-refractivity contribution in [3.63, 3.8) is 0 Å². The standard InChI is InChI=1S/C48H54Cl2N4O15S5/c1-27(55)51-38(46(60)61)24-71-70-18-15-33(73-72-25-39(47(62)63)52-28(2)56)8-4-5-10-41(57)68-26-69-48(64)37(20-29-7-6-9-34(19-29)74(3,65)66)53-44(58)42-36(49)21-32-23-54(16-13-35(32)43(42)50)45(59)31-12-11-30-14-17-67-40(30)22-31/h6-7,9,11-12,14,17,19,21-22,33,37-39H,4-5,8,10,13,15-16,18,20,23-26H2,1-3H3,(H,51,55)(H,52,56)(H,53,58)(H,60,61)(H,62,63). The molecular weight excluding hydrogens is 1100 g/mol. The minimum absolute atomic E-state index is 0.0236. The first-order valence-corrected chi connectivity index (χ1v) is 30.3. The quantitative estimate of drug-likeness (QED) is 0.0166. The van der Waals surface area contributed by atoms with Crippen molar-refractivity contribution in [3.8, 4) is 0 Å². The van der Waals surface area contributed by atoms with Gasteiger partial charge in [0.25, 0.3) is 11.8 Å². The van der Waals surface area contributed by atoms with Crippen molar-refractivity contribution < 1.29 is 70.9 Å². The average molecular weight is 1160 g/mol. The van der Waals surface area contributed by atoms with Crippen LogP contribution in [0.15, 0.2) is 70.2 Å². The van der Waals surface area contributed by atoms with Crippen LogP contribution in [0, 0.1) is 0 Å². The molecule has 1 aliphatic rings. The van der Waals surface area contributed by atoms with Crippen LogP contribution in [0.2, 0.25) is 10.0 Å².